The Labute approximate surface area is 198 Å². The summed E-state index contributed by atoms with van der Waals surface area (Å²) in [7, 11) is 0. The molecular weight excluding hydrogens is 428 g/mol. The van der Waals surface area contributed by atoms with Gasteiger partial charge in [-0.25, -0.2) is 14.3 Å². The zero-order valence-corrected chi connectivity index (χ0v) is 20.0. The van der Waals surface area contributed by atoms with Crippen molar-refractivity contribution in [3.8, 4) is 5.69 Å². The second kappa shape index (κ2) is 8.38. The predicted molar refractivity (Wildman–Crippen MR) is 134 cm³/mol. The maximum Gasteiger partial charge on any atom is 0.276 e. The van der Waals surface area contributed by atoms with Crippen molar-refractivity contribution in [2.45, 2.75) is 52.3 Å². The number of aliphatic hydroxyl groups is 1. The molecule has 0 fully saturated rings. The molecule has 4 aromatic rings. The fraction of sp³-hybridized carbons (Fsp3) is 0.346. The van der Waals surface area contributed by atoms with Crippen molar-refractivity contribution in [2.24, 2.45) is 0 Å². The van der Waals surface area contributed by atoms with E-state index in [1.54, 1.807) is 30.9 Å². The Morgan fingerprint density at radius 2 is 1.94 bits per heavy atom. The molecule has 0 bridgehead atoms. The normalized spacial score (nSPS) is 13.9. The fourth-order valence-electron chi connectivity index (χ4n) is 4.50. The van der Waals surface area contributed by atoms with E-state index >= 15 is 0 Å². The second-order valence-corrected chi connectivity index (χ2v) is 9.64. The van der Waals surface area contributed by atoms with Crippen molar-refractivity contribution in [1.29, 1.82) is 0 Å². The van der Waals surface area contributed by atoms with Gasteiger partial charge in [-0.3, -0.25) is 9.78 Å². The van der Waals surface area contributed by atoms with Crippen LogP contribution in [-0.4, -0.2) is 31.0 Å². The third-order valence-electron chi connectivity index (χ3n) is 6.23. The van der Waals surface area contributed by atoms with Crippen molar-refractivity contribution in [3.63, 3.8) is 0 Å². The summed E-state index contributed by atoms with van der Waals surface area (Å²) >= 11 is 0. The van der Waals surface area contributed by atoms with Crippen LogP contribution in [0, 0.1) is 0 Å². The van der Waals surface area contributed by atoms with Crippen LogP contribution in [0.3, 0.4) is 0 Å². The molecule has 1 aliphatic heterocycles. The van der Waals surface area contributed by atoms with Crippen molar-refractivity contribution < 1.29 is 5.11 Å². The Bertz CT molecular complexity index is 1430. The first kappa shape index (κ1) is 22.3. The number of anilines is 2. The van der Waals surface area contributed by atoms with Crippen LogP contribution in [0.15, 0.2) is 53.6 Å². The number of nitrogens with zero attached hydrogens (tertiary/aromatic N) is 4. The Balaban J connectivity index is 1.63. The Morgan fingerprint density at radius 3 is 2.71 bits per heavy atom. The highest BCUT2D eigenvalue weighted by atomic mass is 16.3. The van der Waals surface area contributed by atoms with E-state index in [0.29, 0.717) is 16.9 Å². The van der Waals surface area contributed by atoms with Gasteiger partial charge in [-0.2, -0.15) is 0 Å². The summed E-state index contributed by atoms with van der Waals surface area (Å²) in [6.45, 7) is 9.22. The van der Waals surface area contributed by atoms with Crippen LogP contribution in [-0.2, 0) is 18.6 Å². The van der Waals surface area contributed by atoms with Gasteiger partial charge in [0.1, 0.15) is 11.4 Å². The molecule has 8 nitrogen and oxygen atoms in total. The number of fused-ring (bicyclic) bond motifs is 2. The SMILES string of the molecule is CC(C)n1c(=O)c2cnc(Nc3ccc4c(c3)CCNC4)cc2n1-c1ccnc(C(C)(C)O)c1. The van der Waals surface area contributed by atoms with Gasteiger partial charge in [-0.15, -0.1) is 0 Å². The molecule has 0 radical (unpaired) electrons. The van der Waals surface area contributed by atoms with Gasteiger partial charge in [-0.05, 0) is 76.1 Å². The average Bonchev–Trinajstić information content (AvgIpc) is 3.10. The molecule has 1 aliphatic rings. The minimum atomic E-state index is -1.10. The number of hydrogen-bond acceptors (Lipinski definition) is 6. The van der Waals surface area contributed by atoms with E-state index in [4.69, 9.17) is 0 Å². The van der Waals surface area contributed by atoms with Crippen LogP contribution >= 0.6 is 0 Å². The first-order valence-corrected chi connectivity index (χ1v) is 11.6. The molecule has 0 aliphatic carbocycles. The van der Waals surface area contributed by atoms with Crippen LogP contribution in [0.5, 0.6) is 0 Å². The molecule has 1 aromatic carbocycles. The van der Waals surface area contributed by atoms with Crippen LogP contribution < -0.4 is 16.2 Å². The highest BCUT2D eigenvalue weighted by Crippen LogP contribution is 2.27. The number of benzene rings is 1. The lowest BCUT2D eigenvalue weighted by Gasteiger charge is -2.20. The molecular formula is C26H30N6O2. The molecule has 3 aromatic heterocycles. The standard InChI is InChI=1S/C26H30N6O2/c1-16(2)31-25(33)21-15-29-24(30-19-6-5-18-14-27-9-7-17(18)11-19)13-22(21)32(31)20-8-10-28-23(12-20)26(3,4)34/h5-6,8,10-13,15-16,27,34H,7,9,14H2,1-4H3,(H,29,30). The summed E-state index contributed by atoms with van der Waals surface area (Å²) in [6.07, 6.45) is 4.29. The molecule has 8 heteroatoms. The molecule has 0 saturated carbocycles. The summed E-state index contributed by atoms with van der Waals surface area (Å²) in [5, 5.41) is 17.8. The predicted octanol–water partition coefficient (Wildman–Crippen LogP) is 3.78. The van der Waals surface area contributed by atoms with E-state index in [9.17, 15) is 9.90 Å². The van der Waals surface area contributed by atoms with Crippen molar-refractivity contribution in [1.82, 2.24) is 24.6 Å². The van der Waals surface area contributed by atoms with Gasteiger partial charge >= 0.3 is 0 Å². The zero-order chi connectivity index (χ0) is 24.0. The van der Waals surface area contributed by atoms with Gasteiger partial charge in [-0.1, -0.05) is 6.07 Å². The Hall–Kier alpha value is -3.49. The van der Waals surface area contributed by atoms with Crippen molar-refractivity contribution in [2.75, 3.05) is 11.9 Å². The van der Waals surface area contributed by atoms with Crippen molar-refractivity contribution in [3.05, 3.63) is 76.0 Å². The topological polar surface area (TPSA) is 97.0 Å². The van der Waals surface area contributed by atoms with E-state index in [1.165, 1.54) is 11.1 Å². The summed E-state index contributed by atoms with van der Waals surface area (Å²) < 4.78 is 3.61. The third kappa shape index (κ3) is 3.99. The van der Waals surface area contributed by atoms with E-state index in [0.717, 1.165) is 36.4 Å². The summed E-state index contributed by atoms with van der Waals surface area (Å²) in [6, 6.07) is 11.9. The highest BCUT2D eigenvalue weighted by molar-refractivity contribution is 5.83. The minimum Gasteiger partial charge on any atom is -0.384 e. The molecule has 4 heterocycles. The van der Waals surface area contributed by atoms with Gasteiger partial charge < -0.3 is 15.7 Å². The molecule has 0 spiro atoms. The second-order valence-electron chi connectivity index (χ2n) is 9.64. The van der Waals surface area contributed by atoms with E-state index < -0.39 is 5.60 Å². The van der Waals surface area contributed by atoms with E-state index in [-0.39, 0.29) is 11.6 Å². The summed E-state index contributed by atoms with van der Waals surface area (Å²) in [5.74, 6) is 0.660. The number of aromatic nitrogens is 4. The lowest BCUT2D eigenvalue weighted by Crippen LogP contribution is -2.25. The number of hydrogen-bond donors (Lipinski definition) is 3. The number of nitrogens with one attached hydrogen (secondary N) is 2. The lowest BCUT2D eigenvalue weighted by molar-refractivity contribution is 0.0738. The minimum absolute atomic E-state index is 0.0793. The van der Waals surface area contributed by atoms with Gasteiger partial charge in [0.25, 0.3) is 5.56 Å². The third-order valence-corrected chi connectivity index (χ3v) is 6.23. The van der Waals surface area contributed by atoms with Gasteiger partial charge in [0.2, 0.25) is 0 Å². The first-order chi connectivity index (χ1) is 16.2. The Morgan fingerprint density at radius 1 is 1.12 bits per heavy atom. The molecule has 0 unspecified atom stereocenters. The van der Waals surface area contributed by atoms with Crippen LogP contribution in [0.1, 0.15) is 50.6 Å². The van der Waals surface area contributed by atoms with E-state index in [2.05, 4.69) is 38.8 Å². The monoisotopic (exact) mass is 458 g/mol. The largest absolute Gasteiger partial charge is 0.384 e. The maximum absolute atomic E-state index is 13.3. The molecule has 176 valence electrons. The van der Waals surface area contributed by atoms with Gasteiger partial charge in [0.15, 0.2) is 0 Å². The van der Waals surface area contributed by atoms with E-state index in [1.807, 2.05) is 36.7 Å². The molecule has 5 rings (SSSR count). The molecule has 0 amide bonds. The molecule has 0 saturated heterocycles. The van der Waals surface area contributed by atoms with Gasteiger partial charge in [0, 0.05) is 36.7 Å². The molecule has 3 N–H and O–H groups in total. The quantitative estimate of drug-likeness (QED) is 0.421. The zero-order valence-electron chi connectivity index (χ0n) is 20.0. The summed E-state index contributed by atoms with van der Waals surface area (Å²) in [5.41, 5.74) is 4.46. The van der Waals surface area contributed by atoms with Gasteiger partial charge in [0.05, 0.1) is 22.3 Å². The van der Waals surface area contributed by atoms with Crippen LogP contribution in [0.4, 0.5) is 11.5 Å². The molecule has 34 heavy (non-hydrogen) atoms. The Kier molecular flexibility index (Phi) is 5.50. The smallest absolute Gasteiger partial charge is 0.276 e. The fourth-order valence-corrected chi connectivity index (χ4v) is 4.50. The molecule has 0 atom stereocenters. The maximum atomic E-state index is 13.3. The highest BCUT2D eigenvalue weighted by Gasteiger charge is 2.22. The summed E-state index contributed by atoms with van der Waals surface area (Å²) in [4.78, 5) is 22.1. The lowest BCUT2D eigenvalue weighted by atomic mass is 10.0. The number of pyridine rings is 2. The van der Waals surface area contributed by atoms with Crippen LogP contribution in [0.2, 0.25) is 0 Å². The van der Waals surface area contributed by atoms with Crippen LogP contribution in [0.25, 0.3) is 16.6 Å². The number of rotatable bonds is 5. The van der Waals surface area contributed by atoms with Crippen molar-refractivity contribution >= 4 is 22.4 Å². The first-order valence-electron chi connectivity index (χ1n) is 11.6. The average molecular weight is 459 g/mol.